The average molecular weight is 441 g/mol. The number of carbonyl (C=O) groups is 1. The highest BCUT2D eigenvalue weighted by Crippen LogP contribution is 2.35. The van der Waals surface area contributed by atoms with Gasteiger partial charge in [-0.05, 0) is 61.6 Å². The highest BCUT2D eigenvalue weighted by molar-refractivity contribution is 9.10. The Hall–Kier alpha value is -2.14. The van der Waals surface area contributed by atoms with Gasteiger partial charge in [0.1, 0.15) is 5.60 Å². The Morgan fingerprint density at radius 2 is 1.93 bits per heavy atom. The second kappa shape index (κ2) is 7.36. The van der Waals surface area contributed by atoms with Crippen LogP contribution in [0.3, 0.4) is 0 Å². The molecule has 5 heteroatoms. The number of fused-ring (bicyclic) bond motifs is 1. The molecule has 2 aromatic rings. The summed E-state index contributed by atoms with van der Waals surface area (Å²) in [7, 11) is 0. The molecule has 28 heavy (non-hydrogen) atoms. The van der Waals surface area contributed by atoms with Crippen molar-refractivity contribution in [1.29, 1.82) is 0 Å². The third-order valence-corrected chi connectivity index (χ3v) is 5.93. The van der Waals surface area contributed by atoms with Crippen LogP contribution in [-0.2, 0) is 4.74 Å². The number of amides is 1. The number of ether oxygens (including phenoxy) is 1. The van der Waals surface area contributed by atoms with Crippen molar-refractivity contribution in [3.8, 4) is 0 Å². The Balaban J connectivity index is 1.54. The van der Waals surface area contributed by atoms with E-state index < -0.39 is 5.60 Å². The van der Waals surface area contributed by atoms with Gasteiger partial charge in [-0.1, -0.05) is 46.3 Å². The second-order valence-corrected chi connectivity index (χ2v) is 9.28. The van der Waals surface area contributed by atoms with E-state index in [2.05, 4.69) is 52.3 Å². The van der Waals surface area contributed by atoms with Crippen molar-refractivity contribution < 1.29 is 9.53 Å². The average Bonchev–Trinajstić information content (AvgIpc) is 3.29. The molecule has 146 valence electrons. The Labute approximate surface area is 174 Å². The van der Waals surface area contributed by atoms with Gasteiger partial charge in [0, 0.05) is 29.3 Å². The number of carbonyl (C=O) groups excluding carboxylic acids is 1. The van der Waals surface area contributed by atoms with E-state index in [0.29, 0.717) is 0 Å². The van der Waals surface area contributed by atoms with Crippen molar-refractivity contribution in [2.24, 2.45) is 4.99 Å². The van der Waals surface area contributed by atoms with Crippen LogP contribution >= 0.6 is 15.9 Å². The van der Waals surface area contributed by atoms with Gasteiger partial charge in [0.2, 0.25) is 0 Å². The van der Waals surface area contributed by atoms with Gasteiger partial charge in [0.05, 0.1) is 6.04 Å². The SMILES string of the molecule is CC(C)(C)OC(=O)N1CCC[C@H]1C1=NC=C(c2cccc3c(Br)cccc23)C1. The van der Waals surface area contributed by atoms with Crippen LogP contribution in [0.15, 0.2) is 52.1 Å². The summed E-state index contributed by atoms with van der Waals surface area (Å²) in [4.78, 5) is 19.2. The van der Waals surface area contributed by atoms with Crippen molar-refractivity contribution >= 4 is 44.1 Å². The van der Waals surface area contributed by atoms with Crippen molar-refractivity contribution in [1.82, 2.24) is 4.90 Å². The van der Waals surface area contributed by atoms with Crippen molar-refractivity contribution in [3.05, 3.63) is 52.6 Å². The summed E-state index contributed by atoms with van der Waals surface area (Å²) in [5.74, 6) is 0. The molecule has 1 amide bonds. The Kier molecular flexibility index (Phi) is 5.04. The van der Waals surface area contributed by atoms with E-state index in [9.17, 15) is 4.79 Å². The first-order valence-electron chi connectivity index (χ1n) is 9.76. The first-order valence-corrected chi connectivity index (χ1v) is 10.6. The van der Waals surface area contributed by atoms with Crippen molar-refractivity contribution in [2.75, 3.05) is 6.54 Å². The summed E-state index contributed by atoms with van der Waals surface area (Å²) >= 11 is 3.65. The molecule has 2 aliphatic rings. The number of hydrogen-bond donors (Lipinski definition) is 0. The zero-order chi connectivity index (χ0) is 19.9. The minimum absolute atomic E-state index is 0.0327. The van der Waals surface area contributed by atoms with E-state index >= 15 is 0 Å². The summed E-state index contributed by atoms with van der Waals surface area (Å²) in [6.45, 7) is 6.44. The lowest BCUT2D eigenvalue weighted by atomic mass is 9.94. The van der Waals surface area contributed by atoms with Gasteiger partial charge in [0.25, 0.3) is 0 Å². The largest absolute Gasteiger partial charge is 0.444 e. The van der Waals surface area contributed by atoms with Gasteiger partial charge < -0.3 is 4.74 Å². The summed E-state index contributed by atoms with van der Waals surface area (Å²) in [6.07, 6.45) is 4.44. The number of likely N-dealkylation sites (tertiary alicyclic amines) is 1. The minimum atomic E-state index is -0.485. The molecule has 1 saturated heterocycles. The molecule has 2 aromatic carbocycles. The molecule has 0 saturated carbocycles. The molecule has 0 N–H and O–H groups in total. The van der Waals surface area contributed by atoms with E-state index in [0.717, 1.165) is 36.0 Å². The lowest BCUT2D eigenvalue weighted by Gasteiger charge is -2.28. The van der Waals surface area contributed by atoms with Crippen molar-refractivity contribution in [2.45, 2.75) is 51.7 Å². The first kappa shape index (κ1) is 19.2. The Morgan fingerprint density at radius 1 is 1.18 bits per heavy atom. The van der Waals surface area contributed by atoms with Crippen LogP contribution in [0.1, 0.15) is 45.6 Å². The summed E-state index contributed by atoms with van der Waals surface area (Å²) in [5.41, 5.74) is 2.99. The van der Waals surface area contributed by atoms with Gasteiger partial charge in [-0.2, -0.15) is 0 Å². The van der Waals surface area contributed by atoms with Crippen LogP contribution in [0.5, 0.6) is 0 Å². The summed E-state index contributed by atoms with van der Waals surface area (Å²) < 4.78 is 6.70. The second-order valence-electron chi connectivity index (χ2n) is 8.42. The molecular formula is C23H25BrN2O2. The maximum atomic E-state index is 12.6. The van der Waals surface area contributed by atoms with E-state index in [1.807, 2.05) is 31.9 Å². The zero-order valence-electron chi connectivity index (χ0n) is 16.5. The Morgan fingerprint density at radius 3 is 2.71 bits per heavy atom. The molecule has 0 aliphatic carbocycles. The van der Waals surface area contributed by atoms with Crippen molar-refractivity contribution in [3.63, 3.8) is 0 Å². The fourth-order valence-electron chi connectivity index (χ4n) is 4.02. The van der Waals surface area contributed by atoms with Crippen LogP contribution in [0.2, 0.25) is 0 Å². The molecule has 1 fully saturated rings. The number of rotatable bonds is 2. The van der Waals surface area contributed by atoms with Crippen LogP contribution < -0.4 is 0 Å². The molecule has 1 atom stereocenters. The Bertz CT molecular complexity index is 988. The predicted molar refractivity (Wildman–Crippen MR) is 118 cm³/mol. The fraction of sp³-hybridized carbons (Fsp3) is 0.391. The third kappa shape index (κ3) is 3.72. The van der Waals surface area contributed by atoms with E-state index in [1.54, 1.807) is 0 Å². The molecule has 0 aromatic heterocycles. The smallest absolute Gasteiger partial charge is 0.410 e. The van der Waals surface area contributed by atoms with Crippen LogP contribution in [0.25, 0.3) is 16.3 Å². The number of halogens is 1. The van der Waals surface area contributed by atoms with Crippen LogP contribution in [0.4, 0.5) is 4.79 Å². The van der Waals surface area contributed by atoms with Gasteiger partial charge in [-0.3, -0.25) is 9.89 Å². The maximum absolute atomic E-state index is 12.6. The monoisotopic (exact) mass is 440 g/mol. The fourth-order valence-corrected chi connectivity index (χ4v) is 4.52. The van der Waals surface area contributed by atoms with Gasteiger partial charge in [-0.15, -0.1) is 0 Å². The molecule has 4 nitrogen and oxygen atoms in total. The molecular weight excluding hydrogens is 416 g/mol. The van der Waals surface area contributed by atoms with Gasteiger partial charge >= 0.3 is 6.09 Å². The quantitative estimate of drug-likeness (QED) is 0.558. The predicted octanol–water partition coefficient (Wildman–Crippen LogP) is 6.19. The number of nitrogens with zero attached hydrogens (tertiary/aromatic N) is 2. The lowest BCUT2D eigenvalue weighted by Crippen LogP contribution is -2.43. The normalized spacial score (nSPS) is 19.7. The van der Waals surface area contributed by atoms with Gasteiger partial charge in [-0.25, -0.2) is 4.79 Å². The summed E-state index contributed by atoms with van der Waals surface area (Å²) in [6, 6.07) is 12.7. The van der Waals surface area contributed by atoms with Crippen LogP contribution in [0, 0.1) is 0 Å². The number of hydrogen-bond acceptors (Lipinski definition) is 3. The molecule has 2 aliphatic heterocycles. The molecule has 2 heterocycles. The zero-order valence-corrected chi connectivity index (χ0v) is 18.1. The number of benzene rings is 2. The van der Waals surface area contributed by atoms with E-state index in [-0.39, 0.29) is 12.1 Å². The first-order chi connectivity index (χ1) is 13.3. The van der Waals surface area contributed by atoms with Crippen LogP contribution in [-0.4, -0.2) is 34.9 Å². The molecule has 0 bridgehead atoms. The molecule has 4 rings (SSSR count). The summed E-state index contributed by atoms with van der Waals surface area (Å²) in [5, 5.41) is 2.42. The maximum Gasteiger partial charge on any atom is 0.410 e. The molecule has 0 spiro atoms. The minimum Gasteiger partial charge on any atom is -0.444 e. The van der Waals surface area contributed by atoms with Gasteiger partial charge in [0.15, 0.2) is 0 Å². The highest BCUT2D eigenvalue weighted by Gasteiger charge is 2.36. The van der Waals surface area contributed by atoms with E-state index in [1.165, 1.54) is 21.9 Å². The number of aliphatic imine (C=N–C) groups is 1. The highest BCUT2D eigenvalue weighted by atomic mass is 79.9. The van der Waals surface area contributed by atoms with E-state index in [4.69, 9.17) is 9.73 Å². The topological polar surface area (TPSA) is 41.9 Å². The third-order valence-electron chi connectivity index (χ3n) is 5.24. The number of allylic oxidation sites excluding steroid dienone is 1. The lowest BCUT2D eigenvalue weighted by molar-refractivity contribution is 0.0265. The molecule has 0 unspecified atom stereocenters. The standard InChI is InChI=1S/C23H25BrN2O2/c1-23(2,3)28-22(27)26-12-6-11-21(26)20-13-15(14-25-20)16-7-4-9-18-17(16)8-5-10-19(18)24/h4-5,7-10,14,21H,6,11-13H2,1-3H3/t21-/m0/s1. The molecule has 0 radical (unpaired) electrons.